The smallest absolute Gasteiger partial charge is 0.303 e. The highest BCUT2D eigenvalue weighted by Crippen LogP contribution is 2.46. The fraction of sp³-hybridized carbons (Fsp3) is 0.472. The number of phenols is 1. The number of para-hydroxylation sites is 1. The molecule has 1 saturated heterocycles. The van der Waals surface area contributed by atoms with Crippen molar-refractivity contribution in [2.24, 2.45) is 17.8 Å². The van der Waals surface area contributed by atoms with Crippen molar-refractivity contribution < 1.29 is 39.5 Å². The number of phenolic OH excluding ortho intramolecular Hbond substituents is 1. The number of aromatic hydroxyl groups is 1. The Hall–Kier alpha value is -3.95. The zero-order valence-electron chi connectivity index (χ0n) is 25.9. The number of nitrogens with zero attached hydrogens (tertiary/aromatic N) is 1. The van der Waals surface area contributed by atoms with Gasteiger partial charge in [-0.25, -0.2) is 0 Å². The molecule has 0 radical (unpaired) electrons. The van der Waals surface area contributed by atoms with Gasteiger partial charge in [-0.2, -0.15) is 0 Å². The summed E-state index contributed by atoms with van der Waals surface area (Å²) in [6.45, 7) is 2.03. The molecule has 2 aromatic rings. The van der Waals surface area contributed by atoms with Crippen LogP contribution in [0.25, 0.3) is 6.08 Å². The summed E-state index contributed by atoms with van der Waals surface area (Å²) in [6, 6.07) is 16.2. The fourth-order valence-corrected chi connectivity index (χ4v) is 6.66. The largest absolute Gasteiger partial charge is 0.508 e. The Morgan fingerprint density at radius 2 is 1.73 bits per heavy atom. The van der Waals surface area contributed by atoms with E-state index in [1.807, 2.05) is 42.5 Å². The molecule has 9 heteroatoms. The number of rotatable bonds is 17. The number of carbonyl (C=O) groups excluding carboxylic acids is 2. The van der Waals surface area contributed by atoms with Gasteiger partial charge in [0.15, 0.2) is 0 Å². The average Bonchev–Trinajstić information content (AvgIpc) is 3.27. The topological polar surface area (TPSA) is 145 Å². The molecule has 45 heavy (non-hydrogen) atoms. The number of ether oxygens (including phenoxy) is 1. The summed E-state index contributed by atoms with van der Waals surface area (Å²) in [5, 5.41) is 40.9. The summed E-state index contributed by atoms with van der Waals surface area (Å²) in [5.41, 5.74) is 3.41. The lowest BCUT2D eigenvalue weighted by Crippen LogP contribution is -2.40. The lowest BCUT2D eigenvalue weighted by molar-refractivity contribution is -0.141. The fourth-order valence-electron chi connectivity index (χ4n) is 6.66. The number of hydrogen-bond acceptors (Lipinski definition) is 7. The Balaban J connectivity index is 1.56. The van der Waals surface area contributed by atoms with Gasteiger partial charge < -0.3 is 25.2 Å². The van der Waals surface area contributed by atoms with Crippen molar-refractivity contribution in [1.29, 1.82) is 0 Å². The van der Waals surface area contributed by atoms with Crippen molar-refractivity contribution in [2.45, 2.75) is 70.8 Å². The highest BCUT2D eigenvalue weighted by atomic mass is 16.5. The standard InChI is InChI=1S/C36H45NO8/c1-2-9-24(20-25-13-16-27(39)17-14-25)15-18-31(40)33-26(23-45-28-10-5-3-6-11-28)21-29-34(30(33)22-38)36(44)37(35(29)43)19-8-4-7-12-32(41)42/h3,5-6,10-11,13-14,16-17,20,29-31,34,38-40H,2,4,7-9,12,15,18-19,21-23H2,1H3,(H,41,42)/b24-20+/t29-,30+,31-,34-/m1/s1. The Morgan fingerprint density at radius 3 is 2.40 bits per heavy atom. The van der Waals surface area contributed by atoms with Crippen LogP contribution in [-0.4, -0.2) is 69.0 Å². The Labute approximate surface area is 264 Å². The van der Waals surface area contributed by atoms with E-state index in [1.165, 1.54) is 4.90 Å². The number of aliphatic hydroxyl groups is 2. The van der Waals surface area contributed by atoms with Crippen molar-refractivity contribution in [1.82, 2.24) is 4.90 Å². The minimum atomic E-state index is -0.953. The van der Waals surface area contributed by atoms with Crippen LogP contribution in [0.2, 0.25) is 0 Å². The molecule has 0 saturated carbocycles. The summed E-state index contributed by atoms with van der Waals surface area (Å²) in [7, 11) is 0. The number of aliphatic hydroxyl groups excluding tert-OH is 2. The summed E-state index contributed by atoms with van der Waals surface area (Å²) in [4.78, 5) is 39.3. The van der Waals surface area contributed by atoms with E-state index in [1.54, 1.807) is 12.1 Å². The Morgan fingerprint density at radius 1 is 1.00 bits per heavy atom. The highest BCUT2D eigenvalue weighted by molar-refractivity contribution is 6.05. The van der Waals surface area contributed by atoms with Crippen LogP contribution >= 0.6 is 0 Å². The summed E-state index contributed by atoms with van der Waals surface area (Å²) in [6.07, 6.45) is 5.69. The van der Waals surface area contributed by atoms with E-state index in [4.69, 9.17) is 9.84 Å². The minimum Gasteiger partial charge on any atom is -0.508 e. The molecule has 0 spiro atoms. The van der Waals surface area contributed by atoms with Gasteiger partial charge in [0, 0.05) is 18.9 Å². The predicted molar refractivity (Wildman–Crippen MR) is 170 cm³/mol. The van der Waals surface area contributed by atoms with Crippen LogP contribution in [0.15, 0.2) is 71.3 Å². The summed E-state index contributed by atoms with van der Waals surface area (Å²) >= 11 is 0. The first-order valence-electron chi connectivity index (χ1n) is 16.0. The lowest BCUT2D eigenvalue weighted by Gasteiger charge is -2.36. The van der Waals surface area contributed by atoms with E-state index in [2.05, 4.69) is 13.0 Å². The van der Waals surface area contributed by atoms with E-state index in [0.717, 1.165) is 29.6 Å². The van der Waals surface area contributed by atoms with Gasteiger partial charge in [-0.3, -0.25) is 19.3 Å². The molecule has 1 fully saturated rings. The van der Waals surface area contributed by atoms with Crippen LogP contribution in [0.4, 0.5) is 0 Å². The molecule has 4 N–H and O–H groups in total. The lowest BCUT2D eigenvalue weighted by atomic mass is 9.68. The van der Waals surface area contributed by atoms with Gasteiger partial charge in [-0.1, -0.05) is 61.7 Å². The van der Waals surface area contributed by atoms with E-state index < -0.39 is 29.8 Å². The number of fused-ring (bicyclic) bond motifs is 1. The number of carboxylic acids is 1. The average molecular weight is 620 g/mol. The molecule has 4 atom stereocenters. The zero-order chi connectivity index (χ0) is 32.3. The SMILES string of the molecule is CCC/C(=C\c1ccc(O)cc1)CC[C@@H](O)C1=C(COc2ccccc2)C[C@H]2C(=O)N(CCCCCC(=O)O)C(=O)[C@H]2[C@H]1CO. The maximum Gasteiger partial charge on any atom is 0.303 e. The first-order valence-corrected chi connectivity index (χ1v) is 16.0. The Kier molecular flexibility index (Phi) is 12.4. The van der Waals surface area contributed by atoms with Crippen LogP contribution in [0.5, 0.6) is 11.5 Å². The molecule has 1 aliphatic heterocycles. The third-order valence-corrected chi connectivity index (χ3v) is 8.83. The monoisotopic (exact) mass is 619 g/mol. The maximum atomic E-state index is 13.7. The number of benzene rings is 2. The third-order valence-electron chi connectivity index (χ3n) is 8.83. The van der Waals surface area contributed by atoms with Gasteiger partial charge in [-0.15, -0.1) is 0 Å². The molecule has 1 heterocycles. The van der Waals surface area contributed by atoms with Crippen molar-refractivity contribution >= 4 is 23.9 Å². The van der Waals surface area contributed by atoms with Crippen molar-refractivity contribution in [3.05, 3.63) is 76.9 Å². The minimum absolute atomic E-state index is 0.0414. The van der Waals surface area contributed by atoms with Crippen LogP contribution in [0.3, 0.4) is 0 Å². The molecule has 2 aromatic carbocycles. The zero-order valence-corrected chi connectivity index (χ0v) is 25.9. The normalized spacial score (nSPS) is 20.8. The van der Waals surface area contributed by atoms with Crippen LogP contribution in [0, 0.1) is 17.8 Å². The molecule has 2 amide bonds. The highest BCUT2D eigenvalue weighted by Gasteiger charge is 2.54. The molecule has 4 rings (SSSR count). The van der Waals surface area contributed by atoms with Gasteiger partial charge >= 0.3 is 5.97 Å². The molecule has 0 aromatic heterocycles. The number of allylic oxidation sites excluding steroid dienone is 1. The number of unbranched alkanes of at least 4 members (excludes halogenated alkanes) is 2. The second kappa shape index (κ2) is 16.4. The van der Waals surface area contributed by atoms with Gasteiger partial charge in [0.1, 0.15) is 18.1 Å². The summed E-state index contributed by atoms with van der Waals surface area (Å²) in [5.74, 6) is -2.81. The Bertz CT molecular complexity index is 1370. The van der Waals surface area contributed by atoms with Crippen LogP contribution in [0.1, 0.15) is 70.3 Å². The van der Waals surface area contributed by atoms with Crippen LogP contribution < -0.4 is 4.74 Å². The number of carbonyl (C=O) groups is 3. The summed E-state index contributed by atoms with van der Waals surface area (Å²) < 4.78 is 6.08. The predicted octanol–water partition coefficient (Wildman–Crippen LogP) is 5.35. The second-order valence-corrected chi connectivity index (χ2v) is 12.0. The van der Waals surface area contributed by atoms with E-state index >= 15 is 0 Å². The number of imide groups is 1. The molecule has 1 aliphatic carbocycles. The molecular formula is C36H45NO8. The van der Waals surface area contributed by atoms with Crippen LogP contribution in [-0.2, 0) is 14.4 Å². The first kappa shape index (κ1) is 33.9. The van der Waals surface area contributed by atoms with E-state index in [-0.39, 0.29) is 50.2 Å². The quantitative estimate of drug-likeness (QED) is 0.105. The first-order chi connectivity index (χ1) is 21.7. The number of amides is 2. The molecule has 0 bridgehead atoms. The number of carboxylic acid groups (broad SMARTS) is 1. The molecule has 0 unspecified atom stereocenters. The van der Waals surface area contributed by atoms with Crippen molar-refractivity contribution in [3.63, 3.8) is 0 Å². The van der Waals surface area contributed by atoms with E-state index in [0.29, 0.717) is 43.4 Å². The van der Waals surface area contributed by atoms with Crippen molar-refractivity contribution in [3.8, 4) is 11.5 Å². The van der Waals surface area contributed by atoms with Gasteiger partial charge in [-0.05, 0) is 79.5 Å². The van der Waals surface area contributed by atoms with Gasteiger partial charge in [0.2, 0.25) is 11.8 Å². The van der Waals surface area contributed by atoms with E-state index in [9.17, 15) is 29.7 Å². The molecule has 9 nitrogen and oxygen atoms in total. The van der Waals surface area contributed by atoms with Gasteiger partial charge in [0.25, 0.3) is 0 Å². The number of aliphatic carboxylic acids is 1. The number of hydrogen-bond donors (Lipinski definition) is 4. The third kappa shape index (κ3) is 8.83. The maximum absolute atomic E-state index is 13.7. The van der Waals surface area contributed by atoms with Crippen molar-refractivity contribution in [2.75, 3.05) is 19.8 Å². The number of likely N-dealkylation sites (tertiary alicyclic amines) is 1. The molecule has 242 valence electrons. The molecular weight excluding hydrogens is 574 g/mol. The second-order valence-electron chi connectivity index (χ2n) is 12.0. The molecule has 2 aliphatic rings. The van der Waals surface area contributed by atoms with Gasteiger partial charge in [0.05, 0.1) is 24.5 Å².